The average molecular weight is 492 g/mol. The van der Waals surface area contributed by atoms with Gasteiger partial charge in [0.15, 0.2) is 17.4 Å². The second-order valence-corrected chi connectivity index (χ2v) is 7.95. The van der Waals surface area contributed by atoms with Gasteiger partial charge in [-0.2, -0.15) is 0 Å². The molecule has 1 atom stereocenters. The van der Waals surface area contributed by atoms with Crippen molar-refractivity contribution < 1.29 is 31.8 Å². The maximum atomic E-state index is 14.2. The third-order valence-electron chi connectivity index (χ3n) is 5.27. The minimum absolute atomic E-state index is 0.0907. The highest BCUT2D eigenvalue weighted by atomic mass is 19.4. The Morgan fingerprint density at radius 1 is 1.23 bits per heavy atom. The number of methoxy groups -OCH3 is 1. The molecule has 4 rings (SSSR count). The number of aromatic amines is 1. The zero-order valence-corrected chi connectivity index (χ0v) is 18.4. The molecule has 1 amide bonds. The zero-order chi connectivity index (χ0) is 25.2. The first-order valence-corrected chi connectivity index (χ1v) is 10.6. The largest absolute Gasteiger partial charge is 0.573 e. The highest BCUT2D eigenvalue weighted by molar-refractivity contribution is 5.92. The highest BCUT2D eigenvalue weighted by Crippen LogP contribution is 2.39. The predicted molar refractivity (Wildman–Crippen MR) is 115 cm³/mol. The fourth-order valence-electron chi connectivity index (χ4n) is 3.46. The van der Waals surface area contributed by atoms with Gasteiger partial charge in [-0.3, -0.25) is 14.6 Å². The molecule has 1 aliphatic carbocycles. The van der Waals surface area contributed by atoms with Gasteiger partial charge in [0.1, 0.15) is 11.4 Å². The number of halogens is 4. The molecule has 184 valence electrons. The van der Waals surface area contributed by atoms with E-state index in [1.54, 1.807) is 12.3 Å². The number of H-pyrrole nitrogens is 1. The monoisotopic (exact) mass is 492 g/mol. The number of ether oxygens (including phenoxy) is 2. The van der Waals surface area contributed by atoms with Gasteiger partial charge in [-0.25, -0.2) is 9.37 Å². The van der Waals surface area contributed by atoms with Crippen molar-refractivity contribution in [3.63, 3.8) is 0 Å². The van der Waals surface area contributed by atoms with Crippen LogP contribution in [0.1, 0.15) is 46.4 Å². The first-order chi connectivity index (χ1) is 16.6. The van der Waals surface area contributed by atoms with Gasteiger partial charge in [-0.05, 0) is 48.1 Å². The number of aromatic nitrogens is 3. The van der Waals surface area contributed by atoms with E-state index in [0.29, 0.717) is 11.6 Å². The van der Waals surface area contributed by atoms with Crippen molar-refractivity contribution >= 4 is 5.91 Å². The number of carbonyl (C=O) groups is 1. The summed E-state index contributed by atoms with van der Waals surface area (Å²) in [4.78, 5) is 36.1. The standard InChI is InChI=1S/C23H20F4N4O4/c1-34-11-18(13-5-7-19(15(24)8-13)35-23(25,26)27)30-22(33)17-9-20(32)31-21(29-17)16-6-4-14(10-28-16)12-2-3-12/h4-10,12,18H,2-3,11H2,1H3,(H,30,33)(H,29,31,32)/t18-/m1/s1. The summed E-state index contributed by atoms with van der Waals surface area (Å²) in [5.41, 5.74) is 0.768. The van der Waals surface area contributed by atoms with E-state index in [4.69, 9.17) is 4.74 Å². The van der Waals surface area contributed by atoms with Crippen LogP contribution in [0.4, 0.5) is 17.6 Å². The van der Waals surface area contributed by atoms with Gasteiger partial charge < -0.3 is 19.8 Å². The number of rotatable bonds is 8. The minimum Gasteiger partial charge on any atom is -0.403 e. The first kappa shape index (κ1) is 24.3. The normalized spacial score (nSPS) is 14.4. The Bertz CT molecular complexity index is 1270. The van der Waals surface area contributed by atoms with E-state index >= 15 is 0 Å². The van der Waals surface area contributed by atoms with Crippen molar-refractivity contribution in [3.05, 3.63) is 75.6 Å². The molecular formula is C23H20F4N4O4. The van der Waals surface area contributed by atoms with E-state index < -0.39 is 35.4 Å². The van der Waals surface area contributed by atoms with Crippen LogP contribution in [0.25, 0.3) is 11.5 Å². The molecule has 2 heterocycles. The van der Waals surface area contributed by atoms with Gasteiger partial charge >= 0.3 is 6.36 Å². The lowest BCUT2D eigenvalue weighted by molar-refractivity contribution is -0.275. The van der Waals surface area contributed by atoms with Crippen LogP contribution in [0.15, 0.2) is 47.4 Å². The minimum atomic E-state index is -5.06. The van der Waals surface area contributed by atoms with Gasteiger partial charge in [0.05, 0.1) is 12.6 Å². The number of carbonyl (C=O) groups excluding carboxylic acids is 1. The van der Waals surface area contributed by atoms with Gasteiger partial charge in [0, 0.05) is 19.4 Å². The number of benzene rings is 1. The first-order valence-electron chi connectivity index (χ1n) is 10.6. The van der Waals surface area contributed by atoms with Gasteiger partial charge in [-0.1, -0.05) is 12.1 Å². The summed E-state index contributed by atoms with van der Waals surface area (Å²) in [5, 5.41) is 2.55. The number of nitrogens with zero attached hydrogens (tertiary/aromatic N) is 2. The zero-order valence-electron chi connectivity index (χ0n) is 18.4. The highest BCUT2D eigenvalue weighted by Gasteiger charge is 2.32. The molecule has 0 bridgehead atoms. The number of hydrogen-bond acceptors (Lipinski definition) is 6. The van der Waals surface area contributed by atoms with E-state index in [1.807, 2.05) is 6.07 Å². The SMILES string of the molecule is COC[C@@H](NC(=O)c1cc(=O)[nH]c(-c2ccc(C3CC3)cn2)n1)c1ccc(OC(F)(F)F)c(F)c1. The van der Waals surface area contributed by atoms with Crippen LogP contribution in [0.2, 0.25) is 0 Å². The molecular weight excluding hydrogens is 472 g/mol. The third-order valence-corrected chi connectivity index (χ3v) is 5.27. The molecule has 0 saturated heterocycles. The Balaban J connectivity index is 1.55. The maximum Gasteiger partial charge on any atom is 0.573 e. The molecule has 0 unspecified atom stereocenters. The predicted octanol–water partition coefficient (Wildman–Crippen LogP) is 3.86. The van der Waals surface area contributed by atoms with Crippen LogP contribution in [-0.2, 0) is 4.74 Å². The summed E-state index contributed by atoms with van der Waals surface area (Å²) in [6.07, 6.45) is -1.14. The van der Waals surface area contributed by atoms with Crippen molar-refractivity contribution in [2.45, 2.75) is 31.2 Å². The topological polar surface area (TPSA) is 106 Å². The Morgan fingerprint density at radius 2 is 2.00 bits per heavy atom. The van der Waals surface area contributed by atoms with Crippen molar-refractivity contribution in [2.24, 2.45) is 0 Å². The van der Waals surface area contributed by atoms with Gasteiger partial charge in [0.25, 0.3) is 11.5 Å². The molecule has 0 aliphatic heterocycles. The van der Waals surface area contributed by atoms with Crippen molar-refractivity contribution in [1.82, 2.24) is 20.3 Å². The van der Waals surface area contributed by atoms with Crippen LogP contribution < -0.4 is 15.6 Å². The smallest absolute Gasteiger partial charge is 0.403 e. The summed E-state index contributed by atoms with van der Waals surface area (Å²) < 4.78 is 60.1. The lowest BCUT2D eigenvalue weighted by Crippen LogP contribution is -2.33. The molecule has 1 aromatic carbocycles. The summed E-state index contributed by atoms with van der Waals surface area (Å²) in [6.45, 7) is -0.134. The summed E-state index contributed by atoms with van der Waals surface area (Å²) in [7, 11) is 1.33. The lowest BCUT2D eigenvalue weighted by Gasteiger charge is -2.19. The molecule has 1 aliphatic rings. The molecule has 1 saturated carbocycles. The van der Waals surface area contributed by atoms with Crippen LogP contribution in [0.3, 0.4) is 0 Å². The molecule has 3 aromatic rings. The maximum absolute atomic E-state index is 14.2. The summed E-state index contributed by atoms with van der Waals surface area (Å²) in [5.74, 6) is -2.47. The second kappa shape index (κ2) is 9.82. The summed E-state index contributed by atoms with van der Waals surface area (Å²) in [6, 6.07) is 6.39. The molecule has 1 fully saturated rings. The number of hydrogen-bond donors (Lipinski definition) is 2. The number of nitrogens with one attached hydrogen (secondary N) is 2. The molecule has 2 N–H and O–H groups in total. The quantitative estimate of drug-likeness (QED) is 0.463. The summed E-state index contributed by atoms with van der Waals surface area (Å²) >= 11 is 0. The van der Waals surface area contributed by atoms with E-state index in [9.17, 15) is 27.2 Å². The third kappa shape index (κ3) is 6.21. The van der Waals surface area contributed by atoms with Crippen molar-refractivity contribution in [1.29, 1.82) is 0 Å². The van der Waals surface area contributed by atoms with Gasteiger partial charge in [-0.15, -0.1) is 13.2 Å². The second-order valence-electron chi connectivity index (χ2n) is 7.95. The van der Waals surface area contributed by atoms with E-state index in [1.165, 1.54) is 7.11 Å². The van der Waals surface area contributed by atoms with Crippen LogP contribution in [-0.4, -0.2) is 40.9 Å². The molecule has 8 nitrogen and oxygen atoms in total. The molecule has 2 aromatic heterocycles. The van der Waals surface area contributed by atoms with Crippen LogP contribution >= 0.6 is 0 Å². The van der Waals surface area contributed by atoms with Crippen molar-refractivity contribution in [3.8, 4) is 17.3 Å². The van der Waals surface area contributed by atoms with E-state index in [-0.39, 0.29) is 23.7 Å². The van der Waals surface area contributed by atoms with Crippen LogP contribution in [0, 0.1) is 5.82 Å². The molecule has 0 radical (unpaired) electrons. The average Bonchev–Trinajstić information content (AvgIpc) is 3.64. The number of amides is 1. The fourth-order valence-corrected chi connectivity index (χ4v) is 3.46. The number of alkyl halides is 3. The van der Waals surface area contributed by atoms with Crippen molar-refractivity contribution in [2.75, 3.05) is 13.7 Å². The lowest BCUT2D eigenvalue weighted by atomic mass is 10.1. The Hall–Kier alpha value is -3.80. The molecule has 0 spiro atoms. The van der Waals surface area contributed by atoms with Gasteiger partial charge in [0.2, 0.25) is 0 Å². The molecule has 12 heteroatoms. The fraction of sp³-hybridized carbons (Fsp3) is 0.304. The van der Waals surface area contributed by atoms with E-state index in [0.717, 1.165) is 42.7 Å². The number of pyridine rings is 1. The molecule has 35 heavy (non-hydrogen) atoms. The van der Waals surface area contributed by atoms with E-state index in [2.05, 4.69) is 25.0 Å². The Morgan fingerprint density at radius 3 is 2.60 bits per heavy atom. The van der Waals surface area contributed by atoms with Crippen LogP contribution in [0.5, 0.6) is 5.75 Å². The Kier molecular flexibility index (Phi) is 6.83. The Labute approximate surface area is 196 Å².